The minimum Gasteiger partial charge on any atom is -0.507 e. The van der Waals surface area contributed by atoms with E-state index in [0.717, 1.165) is 5.56 Å². The number of likely N-dealkylation sites (tertiary alicyclic amines) is 1. The molecule has 1 unspecified atom stereocenters. The van der Waals surface area contributed by atoms with E-state index in [-0.39, 0.29) is 22.9 Å². The van der Waals surface area contributed by atoms with Gasteiger partial charge in [0.1, 0.15) is 11.5 Å². The van der Waals surface area contributed by atoms with E-state index in [9.17, 15) is 14.7 Å². The molecule has 168 valence electrons. The van der Waals surface area contributed by atoms with E-state index in [1.54, 1.807) is 60.9 Å². The van der Waals surface area contributed by atoms with Gasteiger partial charge in [0, 0.05) is 24.5 Å². The molecule has 8 heteroatoms. The van der Waals surface area contributed by atoms with Gasteiger partial charge in [-0.25, -0.2) is 0 Å². The van der Waals surface area contributed by atoms with Gasteiger partial charge in [-0.1, -0.05) is 47.5 Å². The molecule has 1 atom stereocenters. The van der Waals surface area contributed by atoms with Crippen LogP contribution in [0.1, 0.15) is 29.7 Å². The molecular formula is C25H20Cl2N2O4. The second kappa shape index (κ2) is 9.65. The van der Waals surface area contributed by atoms with Crippen LogP contribution in [0.4, 0.5) is 0 Å². The van der Waals surface area contributed by atoms with Crippen LogP contribution in [0.5, 0.6) is 5.75 Å². The summed E-state index contributed by atoms with van der Waals surface area (Å²) < 4.78 is 5.51. The maximum Gasteiger partial charge on any atom is 0.295 e. The van der Waals surface area contributed by atoms with Crippen LogP contribution in [0, 0.1) is 0 Å². The third-order valence-corrected chi connectivity index (χ3v) is 6.03. The molecule has 6 nitrogen and oxygen atoms in total. The molecule has 3 aromatic rings. The van der Waals surface area contributed by atoms with Gasteiger partial charge in [0.2, 0.25) is 0 Å². The number of pyridine rings is 1. The number of hydrogen-bond acceptors (Lipinski definition) is 5. The smallest absolute Gasteiger partial charge is 0.295 e. The standard InChI is InChI=1S/C25H20Cl2N2O4/c1-2-33-18-7-3-6-17(11-18)23(30)21-22(16-8-9-19(26)20(27)12-16)29(25(32)24(21)31)14-15-5-4-10-28-13-15/h3-13,22,30H,2,14H2,1H3/b23-21-. The number of carbonyl (C=O) groups excluding carboxylic acids is 2. The molecule has 0 spiro atoms. The van der Waals surface area contributed by atoms with E-state index in [2.05, 4.69) is 4.98 Å². The van der Waals surface area contributed by atoms with Gasteiger partial charge in [0.15, 0.2) is 0 Å². The Labute approximate surface area is 201 Å². The molecule has 1 amide bonds. The first-order valence-corrected chi connectivity index (χ1v) is 11.0. The van der Waals surface area contributed by atoms with E-state index in [4.69, 9.17) is 27.9 Å². The Morgan fingerprint density at radius 2 is 1.91 bits per heavy atom. The van der Waals surface area contributed by atoms with Crippen molar-refractivity contribution in [2.45, 2.75) is 19.5 Å². The van der Waals surface area contributed by atoms with Crippen molar-refractivity contribution in [1.82, 2.24) is 9.88 Å². The zero-order valence-corrected chi connectivity index (χ0v) is 19.2. The van der Waals surface area contributed by atoms with Crippen LogP contribution in [-0.4, -0.2) is 33.3 Å². The Hall–Kier alpha value is -3.35. The summed E-state index contributed by atoms with van der Waals surface area (Å²) in [7, 11) is 0. The number of carbonyl (C=O) groups is 2. The van der Waals surface area contributed by atoms with Crippen LogP contribution in [-0.2, 0) is 16.1 Å². The van der Waals surface area contributed by atoms with Gasteiger partial charge in [-0.15, -0.1) is 0 Å². The molecule has 0 saturated carbocycles. The summed E-state index contributed by atoms with van der Waals surface area (Å²) in [5.74, 6) is -1.26. The first-order valence-electron chi connectivity index (χ1n) is 10.3. The lowest BCUT2D eigenvalue weighted by Gasteiger charge is -2.25. The second-order valence-electron chi connectivity index (χ2n) is 7.42. The number of nitrogens with zero attached hydrogens (tertiary/aromatic N) is 2. The number of Topliss-reactive ketones (excluding diaryl/α,β-unsaturated/α-hetero) is 1. The van der Waals surface area contributed by atoms with Crippen molar-refractivity contribution in [1.29, 1.82) is 0 Å². The van der Waals surface area contributed by atoms with Crippen LogP contribution in [0.3, 0.4) is 0 Å². The van der Waals surface area contributed by atoms with Crippen LogP contribution < -0.4 is 4.74 Å². The highest BCUT2D eigenvalue weighted by Gasteiger charge is 2.46. The normalized spacial score (nSPS) is 17.4. The van der Waals surface area contributed by atoms with Crippen molar-refractivity contribution < 1.29 is 19.4 Å². The van der Waals surface area contributed by atoms with Gasteiger partial charge in [-0.05, 0) is 48.4 Å². The number of aliphatic hydroxyl groups excluding tert-OH is 1. The molecule has 1 fully saturated rings. The zero-order valence-electron chi connectivity index (χ0n) is 17.7. The van der Waals surface area contributed by atoms with Gasteiger partial charge in [-0.3, -0.25) is 14.6 Å². The Kier molecular flexibility index (Phi) is 6.67. The summed E-state index contributed by atoms with van der Waals surface area (Å²) in [5.41, 5.74) is 1.62. The first-order chi connectivity index (χ1) is 15.9. The molecule has 1 aromatic heterocycles. The third kappa shape index (κ3) is 4.58. The van der Waals surface area contributed by atoms with E-state index < -0.39 is 17.7 Å². The van der Waals surface area contributed by atoms with E-state index in [1.807, 2.05) is 13.0 Å². The average Bonchev–Trinajstić information content (AvgIpc) is 3.06. The highest BCUT2D eigenvalue weighted by atomic mass is 35.5. The van der Waals surface area contributed by atoms with E-state index >= 15 is 0 Å². The van der Waals surface area contributed by atoms with Crippen molar-refractivity contribution in [3.05, 3.63) is 99.3 Å². The maximum atomic E-state index is 13.2. The molecule has 0 bridgehead atoms. The molecule has 33 heavy (non-hydrogen) atoms. The largest absolute Gasteiger partial charge is 0.507 e. The van der Waals surface area contributed by atoms with Crippen LogP contribution in [0.2, 0.25) is 10.0 Å². The van der Waals surface area contributed by atoms with E-state index in [0.29, 0.717) is 28.5 Å². The average molecular weight is 483 g/mol. The summed E-state index contributed by atoms with van der Waals surface area (Å²) in [6.07, 6.45) is 3.25. The predicted octanol–water partition coefficient (Wildman–Crippen LogP) is 5.41. The van der Waals surface area contributed by atoms with E-state index in [1.165, 1.54) is 4.90 Å². The van der Waals surface area contributed by atoms with Crippen LogP contribution in [0.15, 0.2) is 72.6 Å². The molecule has 2 heterocycles. The molecule has 4 rings (SSSR count). The Morgan fingerprint density at radius 1 is 1.09 bits per heavy atom. The van der Waals surface area contributed by atoms with Crippen molar-refractivity contribution in [3.8, 4) is 5.75 Å². The maximum absolute atomic E-state index is 13.2. The predicted molar refractivity (Wildman–Crippen MR) is 126 cm³/mol. The number of amides is 1. The summed E-state index contributed by atoms with van der Waals surface area (Å²) in [6, 6.07) is 14.3. The molecule has 0 aliphatic carbocycles. The fourth-order valence-electron chi connectivity index (χ4n) is 3.82. The number of halogens is 2. The highest BCUT2D eigenvalue weighted by Crippen LogP contribution is 2.41. The lowest BCUT2D eigenvalue weighted by atomic mass is 9.95. The molecule has 0 radical (unpaired) electrons. The van der Waals surface area contributed by atoms with Crippen molar-refractivity contribution in [3.63, 3.8) is 0 Å². The molecule has 2 aromatic carbocycles. The van der Waals surface area contributed by atoms with Crippen molar-refractivity contribution >= 4 is 40.7 Å². The zero-order chi connectivity index (χ0) is 23.5. The molecular weight excluding hydrogens is 463 g/mol. The van der Waals surface area contributed by atoms with Gasteiger partial charge in [0.25, 0.3) is 11.7 Å². The van der Waals surface area contributed by atoms with Gasteiger partial charge >= 0.3 is 0 Å². The summed E-state index contributed by atoms with van der Waals surface area (Å²) in [6.45, 7) is 2.42. The van der Waals surface area contributed by atoms with Gasteiger partial charge in [0.05, 0.1) is 28.3 Å². The topological polar surface area (TPSA) is 79.7 Å². The number of aromatic nitrogens is 1. The monoisotopic (exact) mass is 482 g/mol. The fourth-order valence-corrected chi connectivity index (χ4v) is 4.12. The minimum atomic E-state index is -0.865. The molecule has 1 N–H and O–H groups in total. The van der Waals surface area contributed by atoms with Crippen LogP contribution in [0.25, 0.3) is 5.76 Å². The summed E-state index contributed by atoms with van der Waals surface area (Å²) >= 11 is 12.3. The number of benzene rings is 2. The lowest BCUT2D eigenvalue weighted by Crippen LogP contribution is -2.29. The SMILES string of the molecule is CCOc1cccc(/C(O)=C2/C(=O)C(=O)N(Cc3cccnc3)C2c2ccc(Cl)c(Cl)c2)c1. The quantitative estimate of drug-likeness (QED) is 0.288. The Balaban J connectivity index is 1.87. The number of rotatable bonds is 6. The van der Waals surface area contributed by atoms with Gasteiger partial charge < -0.3 is 14.7 Å². The Bertz CT molecular complexity index is 1240. The van der Waals surface area contributed by atoms with Gasteiger partial charge in [-0.2, -0.15) is 0 Å². The number of aliphatic hydroxyl groups is 1. The molecule has 1 saturated heterocycles. The minimum absolute atomic E-state index is 0.0315. The Morgan fingerprint density at radius 3 is 2.61 bits per heavy atom. The van der Waals surface area contributed by atoms with Crippen LogP contribution >= 0.6 is 23.2 Å². The number of hydrogen-bond donors (Lipinski definition) is 1. The second-order valence-corrected chi connectivity index (χ2v) is 8.24. The third-order valence-electron chi connectivity index (χ3n) is 5.29. The lowest BCUT2D eigenvalue weighted by molar-refractivity contribution is -0.140. The summed E-state index contributed by atoms with van der Waals surface area (Å²) in [4.78, 5) is 31.7. The van der Waals surface area contributed by atoms with Crippen molar-refractivity contribution in [2.24, 2.45) is 0 Å². The summed E-state index contributed by atoms with van der Waals surface area (Å²) in [5, 5.41) is 11.8. The highest BCUT2D eigenvalue weighted by molar-refractivity contribution is 6.46. The first kappa shape index (κ1) is 22.8. The van der Waals surface area contributed by atoms with Crippen molar-refractivity contribution in [2.75, 3.05) is 6.61 Å². The number of ketones is 1. The fraction of sp³-hybridized carbons (Fsp3) is 0.160. The molecule has 1 aliphatic rings. The number of ether oxygens (including phenoxy) is 1. The molecule has 1 aliphatic heterocycles.